The van der Waals surface area contributed by atoms with Crippen LogP contribution in [-0.4, -0.2) is 41.8 Å². The van der Waals surface area contributed by atoms with E-state index in [9.17, 15) is 4.79 Å². The molecule has 0 aromatic carbocycles. The normalized spacial score (nSPS) is 27.2. The standard InChI is InChI=1S/C11H20N2O2.ClH/c14-11(15)13-8-2-1-3-10(13)9-4-6-12-7-5-9;/h9-10,12H,1-8H2,(H,14,15);1H. The molecule has 1 amide bonds. The van der Waals surface area contributed by atoms with Gasteiger partial charge in [0, 0.05) is 12.6 Å². The van der Waals surface area contributed by atoms with E-state index in [0.717, 1.165) is 45.3 Å². The highest BCUT2D eigenvalue weighted by Crippen LogP contribution is 2.28. The number of likely N-dealkylation sites (tertiary alicyclic amines) is 1. The quantitative estimate of drug-likeness (QED) is 0.746. The third kappa shape index (κ3) is 3.01. The number of carbonyl (C=O) groups is 1. The van der Waals surface area contributed by atoms with Crippen LogP contribution >= 0.6 is 12.4 Å². The summed E-state index contributed by atoms with van der Waals surface area (Å²) in [4.78, 5) is 12.8. The summed E-state index contributed by atoms with van der Waals surface area (Å²) in [5.74, 6) is 0.586. The van der Waals surface area contributed by atoms with Gasteiger partial charge in [0.15, 0.2) is 0 Å². The van der Waals surface area contributed by atoms with Gasteiger partial charge in [-0.2, -0.15) is 0 Å². The Hall–Kier alpha value is -0.480. The number of halogens is 1. The van der Waals surface area contributed by atoms with Crippen LogP contribution in [0.5, 0.6) is 0 Å². The fraction of sp³-hybridized carbons (Fsp3) is 0.909. The van der Waals surface area contributed by atoms with E-state index in [2.05, 4.69) is 5.32 Å². The molecule has 2 aliphatic heterocycles. The summed E-state index contributed by atoms with van der Waals surface area (Å²) < 4.78 is 0. The summed E-state index contributed by atoms with van der Waals surface area (Å²) >= 11 is 0. The number of piperidine rings is 2. The van der Waals surface area contributed by atoms with E-state index in [1.165, 1.54) is 6.42 Å². The molecule has 1 atom stereocenters. The van der Waals surface area contributed by atoms with Crippen molar-refractivity contribution in [3.8, 4) is 0 Å². The van der Waals surface area contributed by atoms with Gasteiger partial charge in [-0.05, 0) is 51.1 Å². The Balaban J connectivity index is 0.00000128. The molecule has 0 aliphatic carbocycles. The molecule has 2 saturated heterocycles. The lowest BCUT2D eigenvalue weighted by Gasteiger charge is -2.40. The summed E-state index contributed by atoms with van der Waals surface area (Å²) in [6.45, 7) is 2.84. The monoisotopic (exact) mass is 248 g/mol. The highest BCUT2D eigenvalue weighted by Gasteiger charge is 2.33. The Morgan fingerprint density at radius 3 is 2.50 bits per heavy atom. The number of nitrogens with one attached hydrogen (secondary N) is 1. The number of rotatable bonds is 1. The Bertz CT molecular complexity index is 232. The molecule has 0 saturated carbocycles. The topological polar surface area (TPSA) is 52.6 Å². The van der Waals surface area contributed by atoms with E-state index in [0.29, 0.717) is 12.0 Å². The second-order valence-corrected chi connectivity index (χ2v) is 4.63. The smallest absolute Gasteiger partial charge is 0.407 e. The number of carboxylic acid groups (broad SMARTS) is 1. The molecule has 4 nitrogen and oxygen atoms in total. The predicted octanol–water partition coefficient (Wildman–Crippen LogP) is 1.94. The first-order valence-corrected chi connectivity index (χ1v) is 5.99. The van der Waals surface area contributed by atoms with Crippen LogP contribution in [0.3, 0.4) is 0 Å². The van der Waals surface area contributed by atoms with E-state index >= 15 is 0 Å². The maximum Gasteiger partial charge on any atom is 0.407 e. The van der Waals surface area contributed by atoms with Crippen molar-refractivity contribution in [1.29, 1.82) is 0 Å². The first-order valence-electron chi connectivity index (χ1n) is 5.99. The fourth-order valence-electron chi connectivity index (χ4n) is 2.91. The van der Waals surface area contributed by atoms with Gasteiger partial charge in [-0.3, -0.25) is 0 Å². The zero-order valence-corrected chi connectivity index (χ0v) is 10.3. The second kappa shape index (κ2) is 6.30. The Labute approximate surface area is 103 Å². The van der Waals surface area contributed by atoms with Crippen LogP contribution in [0.2, 0.25) is 0 Å². The molecular formula is C11H21ClN2O2. The second-order valence-electron chi connectivity index (χ2n) is 4.63. The Kier molecular flexibility index (Phi) is 5.35. The molecule has 2 heterocycles. The number of hydrogen-bond acceptors (Lipinski definition) is 2. The first-order chi connectivity index (χ1) is 7.29. The van der Waals surface area contributed by atoms with Crippen LogP contribution < -0.4 is 5.32 Å². The van der Waals surface area contributed by atoms with Crippen LogP contribution in [0.15, 0.2) is 0 Å². The summed E-state index contributed by atoms with van der Waals surface area (Å²) in [5, 5.41) is 12.5. The molecule has 1 unspecified atom stereocenters. The molecule has 94 valence electrons. The average Bonchev–Trinajstić information content (AvgIpc) is 2.30. The lowest BCUT2D eigenvalue weighted by atomic mass is 9.84. The number of amides is 1. The van der Waals surface area contributed by atoms with Gasteiger partial charge in [-0.25, -0.2) is 4.79 Å². The lowest BCUT2D eigenvalue weighted by Crippen LogP contribution is -2.49. The minimum absolute atomic E-state index is 0. The zero-order chi connectivity index (χ0) is 10.7. The van der Waals surface area contributed by atoms with Crippen LogP contribution in [0.25, 0.3) is 0 Å². The van der Waals surface area contributed by atoms with Crippen LogP contribution in [0.4, 0.5) is 4.79 Å². The summed E-state index contributed by atoms with van der Waals surface area (Å²) in [6, 6.07) is 0.290. The molecular weight excluding hydrogens is 228 g/mol. The van der Waals surface area contributed by atoms with E-state index < -0.39 is 6.09 Å². The fourth-order valence-corrected chi connectivity index (χ4v) is 2.91. The summed E-state index contributed by atoms with van der Waals surface area (Å²) in [7, 11) is 0. The Morgan fingerprint density at radius 1 is 1.19 bits per heavy atom. The molecule has 0 bridgehead atoms. The molecule has 0 aromatic rings. The maximum atomic E-state index is 11.1. The van der Waals surface area contributed by atoms with Crippen LogP contribution in [0.1, 0.15) is 32.1 Å². The van der Waals surface area contributed by atoms with E-state index in [-0.39, 0.29) is 12.4 Å². The molecule has 2 rings (SSSR count). The zero-order valence-electron chi connectivity index (χ0n) is 9.52. The molecule has 16 heavy (non-hydrogen) atoms. The molecule has 2 aliphatic rings. The minimum Gasteiger partial charge on any atom is -0.465 e. The van der Waals surface area contributed by atoms with E-state index in [1.54, 1.807) is 4.90 Å². The van der Waals surface area contributed by atoms with Crippen molar-refractivity contribution in [2.45, 2.75) is 38.1 Å². The van der Waals surface area contributed by atoms with Gasteiger partial charge in [0.1, 0.15) is 0 Å². The molecule has 0 radical (unpaired) electrons. The van der Waals surface area contributed by atoms with Gasteiger partial charge in [-0.15, -0.1) is 12.4 Å². The minimum atomic E-state index is -0.724. The van der Waals surface area contributed by atoms with Gasteiger partial charge in [0.05, 0.1) is 0 Å². The van der Waals surface area contributed by atoms with Crippen molar-refractivity contribution in [3.63, 3.8) is 0 Å². The molecule has 5 heteroatoms. The first kappa shape index (κ1) is 13.6. The van der Waals surface area contributed by atoms with Gasteiger partial charge < -0.3 is 15.3 Å². The largest absolute Gasteiger partial charge is 0.465 e. The van der Waals surface area contributed by atoms with Gasteiger partial charge >= 0.3 is 6.09 Å². The predicted molar refractivity (Wildman–Crippen MR) is 65.2 cm³/mol. The highest BCUT2D eigenvalue weighted by molar-refractivity contribution is 5.85. The van der Waals surface area contributed by atoms with Gasteiger partial charge in [0.2, 0.25) is 0 Å². The molecule has 0 aromatic heterocycles. The van der Waals surface area contributed by atoms with Crippen LogP contribution in [0, 0.1) is 5.92 Å². The number of hydrogen-bond donors (Lipinski definition) is 2. The average molecular weight is 249 g/mol. The third-order valence-electron chi connectivity index (χ3n) is 3.72. The molecule has 2 fully saturated rings. The highest BCUT2D eigenvalue weighted by atomic mass is 35.5. The number of nitrogens with zero attached hydrogens (tertiary/aromatic N) is 1. The lowest BCUT2D eigenvalue weighted by molar-refractivity contribution is 0.0737. The summed E-state index contributed by atoms with van der Waals surface area (Å²) in [6.07, 6.45) is 4.84. The van der Waals surface area contributed by atoms with Crippen molar-refractivity contribution in [1.82, 2.24) is 10.2 Å². The van der Waals surface area contributed by atoms with Crippen molar-refractivity contribution in [3.05, 3.63) is 0 Å². The Morgan fingerprint density at radius 2 is 1.88 bits per heavy atom. The van der Waals surface area contributed by atoms with E-state index in [1.807, 2.05) is 0 Å². The molecule has 2 N–H and O–H groups in total. The van der Waals surface area contributed by atoms with Crippen LogP contribution in [-0.2, 0) is 0 Å². The SMILES string of the molecule is Cl.O=C(O)N1CCCCC1C1CCNCC1. The van der Waals surface area contributed by atoms with Gasteiger partial charge in [-0.1, -0.05) is 0 Å². The summed E-state index contributed by atoms with van der Waals surface area (Å²) in [5.41, 5.74) is 0. The van der Waals surface area contributed by atoms with Crippen molar-refractivity contribution in [2.75, 3.05) is 19.6 Å². The van der Waals surface area contributed by atoms with E-state index in [4.69, 9.17) is 5.11 Å². The molecule has 0 spiro atoms. The van der Waals surface area contributed by atoms with Crippen molar-refractivity contribution < 1.29 is 9.90 Å². The third-order valence-corrected chi connectivity index (χ3v) is 3.72. The van der Waals surface area contributed by atoms with Crippen molar-refractivity contribution >= 4 is 18.5 Å². The maximum absolute atomic E-state index is 11.1. The van der Waals surface area contributed by atoms with Gasteiger partial charge in [0.25, 0.3) is 0 Å². The van der Waals surface area contributed by atoms with Crippen molar-refractivity contribution in [2.24, 2.45) is 5.92 Å².